The molecule has 2 aromatic rings. The number of phenolic OH excluding ortho intramolecular Hbond substituents is 1. The Kier molecular flexibility index (Phi) is 3.14. The highest BCUT2D eigenvalue weighted by atomic mass is 19.1. The van der Waals surface area contributed by atoms with E-state index in [9.17, 15) is 14.3 Å². The Bertz CT molecular complexity index is 669. The molecule has 1 atom stereocenters. The largest absolute Gasteiger partial charge is 0.507 e. The van der Waals surface area contributed by atoms with Crippen molar-refractivity contribution in [3.63, 3.8) is 0 Å². The maximum Gasteiger partial charge on any atom is 0.255 e. The zero-order valence-electron chi connectivity index (χ0n) is 10.8. The summed E-state index contributed by atoms with van der Waals surface area (Å²) in [4.78, 5) is 11.9. The minimum absolute atomic E-state index is 0.0963. The number of carbonyl (C=O) groups is 1. The average molecular weight is 271 g/mol. The quantitative estimate of drug-likeness (QED) is 0.901. The van der Waals surface area contributed by atoms with Gasteiger partial charge in [0.15, 0.2) is 0 Å². The third kappa shape index (κ3) is 2.25. The highest BCUT2D eigenvalue weighted by Gasteiger charge is 2.25. The van der Waals surface area contributed by atoms with Gasteiger partial charge in [0.25, 0.3) is 5.91 Å². The lowest BCUT2D eigenvalue weighted by atomic mass is 9.77. The van der Waals surface area contributed by atoms with Crippen molar-refractivity contribution in [2.24, 2.45) is 0 Å². The van der Waals surface area contributed by atoms with E-state index in [-0.39, 0.29) is 17.2 Å². The van der Waals surface area contributed by atoms with Crippen molar-refractivity contribution in [1.82, 2.24) is 5.32 Å². The number of phenols is 1. The molecule has 0 saturated heterocycles. The van der Waals surface area contributed by atoms with E-state index in [0.29, 0.717) is 12.5 Å². The molecule has 0 fully saturated rings. The highest BCUT2D eigenvalue weighted by molar-refractivity contribution is 5.96. The van der Waals surface area contributed by atoms with Gasteiger partial charge in [-0.2, -0.15) is 0 Å². The van der Waals surface area contributed by atoms with E-state index in [1.807, 2.05) is 12.1 Å². The number of amides is 1. The van der Waals surface area contributed by atoms with Crippen molar-refractivity contribution in [3.8, 4) is 5.75 Å². The number of benzene rings is 2. The normalized spacial score (nSPS) is 16.1. The Morgan fingerprint density at radius 2 is 2.10 bits per heavy atom. The highest BCUT2D eigenvalue weighted by Crippen LogP contribution is 2.34. The van der Waals surface area contributed by atoms with Crippen LogP contribution in [0.3, 0.4) is 0 Å². The van der Waals surface area contributed by atoms with E-state index >= 15 is 0 Å². The molecule has 3 rings (SSSR count). The van der Waals surface area contributed by atoms with Gasteiger partial charge >= 0.3 is 0 Å². The van der Waals surface area contributed by atoms with Gasteiger partial charge in [0.1, 0.15) is 11.6 Å². The third-order valence-corrected chi connectivity index (χ3v) is 3.67. The van der Waals surface area contributed by atoms with Gasteiger partial charge < -0.3 is 10.4 Å². The van der Waals surface area contributed by atoms with Crippen LogP contribution in [0.5, 0.6) is 5.75 Å². The molecule has 1 aliphatic rings. The number of hydrogen-bond donors (Lipinski definition) is 2. The molecule has 0 bridgehead atoms. The minimum Gasteiger partial charge on any atom is -0.507 e. The lowest BCUT2D eigenvalue weighted by Crippen LogP contribution is -2.33. The molecule has 1 unspecified atom stereocenters. The number of hydrogen-bond acceptors (Lipinski definition) is 2. The first-order valence-electron chi connectivity index (χ1n) is 6.49. The fraction of sp³-hybridized carbons (Fsp3) is 0.188. The van der Waals surface area contributed by atoms with Crippen LogP contribution in [-0.4, -0.2) is 17.6 Å². The molecule has 0 aromatic heterocycles. The van der Waals surface area contributed by atoms with Gasteiger partial charge in [0, 0.05) is 18.5 Å². The first-order chi connectivity index (χ1) is 9.65. The Morgan fingerprint density at radius 3 is 2.85 bits per heavy atom. The predicted molar refractivity (Wildman–Crippen MR) is 73.3 cm³/mol. The summed E-state index contributed by atoms with van der Waals surface area (Å²) in [6, 6.07) is 11.5. The van der Waals surface area contributed by atoms with Crippen LogP contribution in [0.4, 0.5) is 4.39 Å². The summed E-state index contributed by atoms with van der Waals surface area (Å²) in [6.45, 7) is 0.520. The van der Waals surface area contributed by atoms with Crippen LogP contribution in [0.2, 0.25) is 0 Å². The first-order valence-corrected chi connectivity index (χ1v) is 6.49. The smallest absolute Gasteiger partial charge is 0.255 e. The van der Waals surface area contributed by atoms with Crippen LogP contribution >= 0.6 is 0 Å². The summed E-state index contributed by atoms with van der Waals surface area (Å²) in [5, 5.41) is 12.3. The monoisotopic (exact) mass is 271 g/mol. The number of nitrogens with one attached hydrogen (secondary N) is 1. The molecule has 1 aliphatic carbocycles. The van der Waals surface area contributed by atoms with Gasteiger partial charge in [-0.05, 0) is 29.7 Å². The van der Waals surface area contributed by atoms with Gasteiger partial charge in [-0.25, -0.2) is 4.39 Å². The molecular weight excluding hydrogens is 257 g/mol. The second-order valence-corrected chi connectivity index (χ2v) is 4.97. The zero-order chi connectivity index (χ0) is 14.1. The summed E-state index contributed by atoms with van der Waals surface area (Å²) in [5.41, 5.74) is 2.67. The molecule has 0 spiro atoms. The van der Waals surface area contributed by atoms with Crippen LogP contribution in [0.25, 0.3) is 0 Å². The summed E-state index contributed by atoms with van der Waals surface area (Å²) in [6.07, 6.45) is 0.950. The Balaban J connectivity index is 1.64. The Morgan fingerprint density at radius 1 is 1.30 bits per heavy atom. The van der Waals surface area contributed by atoms with Crippen molar-refractivity contribution in [2.45, 2.75) is 12.3 Å². The number of fused-ring (bicyclic) bond motifs is 1. The van der Waals surface area contributed by atoms with E-state index in [0.717, 1.165) is 18.6 Å². The molecule has 0 aliphatic heterocycles. The van der Waals surface area contributed by atoms with Crippen LogP contribution < -0.4 is 5.32 Å². The molecule has 102 valence electrons. The maximum absolute atomic E-state index is 12.9. The topological polar surface area (TPSA) is 49.3 Å². The molecule has 0 saturated carbocycles. The van der Waals surface area contributed by atoms with Crippen LogP contribution in [0.1, 0.15) is 27.4 Å². The second-order valence-electron chi connectivity index (χ2n) is 4.97. The predicted octanol–water partition coefficient (Wildman–Crippen LogP) is 2.60. The molecule has 2 N–H and O–H groups in total. The van der Waals surface area contributed by atoms with Crippen molar-refractivity contribution in [2.75, 3.05) is 6.54 Å². The van der Waals surface area contributed by atoms with E-state index in [2.05, 4.69) is 17.4 Å². The Hall–Kier alpha value is -2.36. The maximum atomic E-state index is 12.9. The minimum atomic E-state index is -0.563. The van der Waals surface area contributed by atoms with Gasteiger partial charge in [-0.3, -0.25) is 4.79 Å². The van der Waals surface area contributed by atoms with Crippen molar-refractivity contribution in [3.05, 3.63) is 65.0 Å². The SMILES string of the molecule is O=C(NCC1Cc2ccccc21)c1ccc(F)cc1O. The fourth-order valence-corrected chi connectivity index (χ4v) is 2.55. The van der Waals surface area contributed by atoms with E-state index in [4.69, 9.17) is 0 Å². The summed E-state index contributed by atoms with van der Waals surface area (Å²) in [5.74, 6) is -0.965. The molecule has 0 heterocycles. The Labute approximate surface area is 116 Å². The number of aromatic hydroxyl groups is 1. The molecule has 0 radical (unpaired) electrons. The molecule has 4 heteroatoms. The van der Waals surface area contributed by atoms with E-state index in [1.54, 1.807) is 0 Å². The van der Waals surface area contributed by atoms with Gasteiger partial charge in [0.2, 0.25) is 0 Å². The van der Waals surface area contributed by atoms with Crippen molar-refractivity contribution < 1.29 is 14.3 Å². The summed E-state index contributed by atoms with van der Waals surface area (Å²) < 4.78 is 12.9. The molecule has 20 heavy (non-hydrogen) atoms. The van der Waals surface area contributed by atoms with Gasteiger partial charge in [-0.1, -0.05) is 24.3 Å². The second kappa shape index (κ2) is 4.96. The average Bonchev–Trinajstić information content (AvgIpc) is 2.39. The van der Waals surface area contributed by atoms with E-state index < -0.39 is 5.82 Å². The van der Waals surface area contributed by atoms with Crippen LogP contribution in [-0.2, 0) is 6.42 Å². The number of halogens is 1. The molecule has 2 aromatic carbocycles. The summed E-state index contributed by atoms with van der Waals surface area (Å²) in [7, 11) is 0. The van der Waals surface area contributed by atoms with Crippen LogP contribution in [0, 0.1) is 5.82 Å². The van der Waals surface area contributed by atoms with Crippen molar-refractivity contribution >= 4 is 5.91 Å². The van der Waals surface area contributed by atoms with Crippen molar-refractivity contribution in [1.29, 1.82) is 0 Å². The molecule has 3 nitrogen and oxygen atoms in total. The van der Waals surface area contributed by atoms with Crippen LogP contribution in [0.15, 0.2) is 42.5 Å². The lowest BCUT2D eigenvalue weighted by Gasteiger charge is -2.30. The fourth-order valence-electron chi connectivity index (χ4n) is 2.55. The van der Waals surface area contributed by atoms with Gasteiger partial charge in [0.05, 0.1) is 5.56 Å². The molecular formula is C16H14FNO2. The van der Waals surface area contributed by atoms with Gasteiger partial charge in [-0.15, -0.1) is 0 Å². The standard InChI is InChI=1S/C16H14FNO2/c17-12-5-6-14(15(19)8-12)16(20)18-9-11-7-10-3-1-2-4-13(10)11/h1-6,8,11,19H,7,9H2,(H,18,20). The third-order valence-electron chi connectivity index (χ3n) is 3.67. The van der Waals surface area contributed by atoms with E-state index in [1.165, 1.54) is 17.2 Å². The number of carbonyl (C=O) groups excluding carboxylic acids is 1. The summed E-state index contributed by atoms with van der Waals surface area (Å²) >= 11 is 0. The first kappa shape index (κ1) is 12.7. The lowest BCUT2D eigenvalue weighted by molar-refractivity contribution is 0.0947. The zero-order valence-corrected chi connectivity index (χ0v) is 10.8. The molecule has 1 amide bonds. The number of rotatable bonds is 3.